The second-order valence-corrected chi connectivity index (χ2v) is 7.03. The van der Waals surface area contributed by atoms with Crippen LogP contribution in [0, 0.1) is 5.92 Å². The number of imidazole rings is 1. The zero-order valence-electron chi connectivity index (χ0n) is 14.2. The van der Waals surface area contributed by atoms with Gasteiger partial charge in [-0.15, -0.1) is 0 Å². The lowest BCUT2D eigenvalue weighted by atomic mass is 9.85. The maximum absolute atomic E-state index is 11.1. The van der Waals surface area contributed by atoms with Crippen LogP contribution < -0.4 is 0 Å². The standard InChI is InChI=1S/C21H22N2O2/c24-21(25)17-10-11-18-19(13-17)23-20(22-18)16-8-6-15(7-9-16)12-14-4-2-1-3-5-14/h6-11,13-14H,1-5,12H2,(H,22,23)(H,24,25). The highest BCUT2D eigenvalue weighted by atomic mass is 16.4. The van der Waals surface area contributed by atoms with E-state index < -0.39 is 5.97 Å². The minimum Gasteiger partial charge on any atom is -0.478 e. The first-order valence-corrected chi connectivity index (χ1v) is 9.01. The monoisotopic (exact) mass is 334 g/mol. The lowest BCUT2D eigenvalue weighted by Crippen LogP contribution is -2.09. The molecule has 0 spiro atoms. The van der Waals surface area contributed by atoms with Crippen molar-refractivity contribution in [1.82, 2.24) is 9.97 Å². The van der Waals surface area contributed by atoms with Crippen molar-refractivity contribution in [3.63, 3.8) is 0 Å². The molecular weight excluding hydrogens is 312 g/mol. The number of nitrogens with one attached hydrogen (secondary N) is 1. The summed E-state index contributed by atoms with van der Waals surface area (Å²) in [5.41, 5.74) is 4.21. The van der Waals surface area contributed by atoms with E-state index in [0.717, 1.165) is 22.8 Å². The summed E-state index contributed by atoms with van der Waals surface area (Å²) in [5, 5.41) is 9.10. The Kier molecular flexibility index (Phi) is 4.26. The highest BCUT2D eigenvalue weighted by Gasteiger charge is 2.14. The number of carboxylic acids is 1. The molecule has 1 saturated carbocycles. The first-order valence-electron chi connectivity index (χ1n) is 9.01. The number of carboxylic acid groups (broad SMARTS) is 1. The molecule has 0 aliphatic heterocycles. The molecule has 2 aromatic carbocycles. The molecular formula is C21H22N2O2. The largest absolute Gasteiger partial charge is 0.478 e. The Labute approximate surface area is 146 Å². The first kappa shape index (κ1) is 15.9. The highest BCUT2D eigenvalue weighted by molar-refractivity contribution is 5.92. The first-order chi connectivity index (χ1) is 12.2. The molecule has 1 aromatic heterocycles. The fourth-order valence-electron chi connectivity index (χ4n) is 3.80. The molecule has 0 unspecified atom stereocenters. The zero-order chi connectivity index (χ0) is 17.2. The molecule has 25 heavy (non-hydrogen) atoms. The van der Waals surface area contributed by atoms with E-state index in [9.17, 15) is 4.79 Å². The molecule has 4 rings (SSSR count). The molecule has 3 aromatic rings. The predicted molar refractivity (Wildman–Crippen MR) is 98.8 cm³/mol. The van der Waals surface area contributed by atoms with E-state index in [2.05, 4.69) is 34.2 Å². The lowest BCUT2D eigenvalue weighted by molar-refractivity contribution is 0.0697. The van der Waals surface area contributed by atoms with Crippen molar-refractivity contribution in [1.29, 1.82) is 0 Å². The average Bonchev–Trinajstić information content (AvgIpc) is 3.06. The summed E-state index contributed by atoms with van der Waals surface area (Å²) in [6, 6.07) is 13.6. The fraction of sp³-hybridized carbons (Fsp3) is 0.333. The number of hydrogen-bond acceptors (Lipinski definition) is 2. The van der Waals surface area contributed by atoms with E-state index in [1.807, 2.05) is 0 Å². The van der Waals surface area contributed by atoms with E-state index in [1.165, 1.54) is 44.1 Å². The van der Waals surface area contributed by atoms with E-state index in [-0.39, 0.29) is 5.56 Å². The molecule has 1 aliphatic carbocycles. The molecule has 1 aliphatic rings. The summed E-state index contributed by atoms with van der Waals surface area (Å²) < 4.78 is 0. The number of H-pyrrole nitrogens is 1. The number of hydrogen-bond donors (Lipinski definition) is 2. The van der Waals surface area contributed by atoms with Gasteiger partial charge in [-0.25, -0.2) is 9.78 Å². The van der Waals surface area contributed by atoms with E-state index >= 15 is 0 Å². The third kappa shape index (κ3) is 3.43. The van der Waals surface area contributed by atoms with Gasteiger partial charge in [0.2, 0.25) is 0 Å². The summed E-state index contributed by atoms with van der Waals surface area (Å²) in [5.74, 6) is 0.681. The molecule has 1 fully saturated rings. The number of aromatic amines is 1. The minimum absolute atomic E-state index is 0.258. The Morgan fingerprint density at radius 2 is 1.84 bits per heavy atom. The van der Waals surface area contributed by atoms with Crippen LogP contribution in [0.15, 0.2) is 42.5 Å². The van der Waals surface area contributed by atoms with Crippen molar-refractivity contribution in [2.75, 3.05) is 0 Å². The summed E-state index contributed by atoms with van der Waals surface area (Å²) in [6.45, 7) is 0. The van der Waals surface area contributed by atoms with Crippen LogP contribution >= 0.6 is 0 Å². The molecule has 1 heterocycles. The van der Waals surface area contributed by atoms with Crippen LogP contribution in [0.3, 0.4) is 0 Å². The van der Waals surface area contributed by atoms with Crippen molar-refractivity contribution in [2.45, 2.75) is 38.5 Å². The number of nitrogens with zero attached hydrogens (tertiary/aromatic N) is 1. The molecule has 0 saturated heterocycles. The van der Waals surface area contributed by atoms with Crippen molar-refractivity contribution >= 4 is 17.0 Å². The molecule has 0 atom stereocenters. The number of carbonyl (C=O) groups is 1. The quantitative estimate of drug-likeness (QED) is 0.701. The Bertz CT molecular complexity index is 890. The van der Waals surface area contributed by atoms with E-state index in [4.69, 9.17) is 5.11 Å². The summed E-state index contributed by atoms with van der Waals surface area (Å²) >= 11 is 0. The van der Waals surface area contributed by atoms with Crippen LogP contribution in [0.1, 0.15) is 48.0 Å². The maximum atomic E-state index is 11.1. The molecule has 0 amide bonds. The van der Waals surface area contributed by atoms with Gasteiger partial charge in [-0.2, -0.15) is 0 Å². The van der Waals surface area contributed by atoms with Gasteiger partial charge in [0, 0.05) is 5.56 Å². The summed E-state index contributed by atoms with van der Waals surface area (Å²) in [6.07, 6.45) is 8.03. The van der Waals surface area contributed by atoms with Gasteiger partial charge in [0.25, 0.3) is 0 Å². The van der Waals surface area contributed by atoms with Gasteiger partial charge in [0.15, 0.2) is 0 Å². The van der Waals surface area contributed by atoms with Crippen LogP contribution in [0.25, 0.3) is 22.4 Å². The van der Waals surface area contributed by atoms with Crippen LogP contribution in [-0.4, -0.2) is 21.0 Å². The fourth-order valence-corrected chi connectivity index (χ4v) is 3.80. The minimum atomic E-state index is -0.932. The molecule has 128 valence electrons. The molecule has 4 nitrogen and oxygen atoms in total. The summed E-state index contributed by atoms with van der Waals surface area (Å²) in [4.78, 5) is 18.9. The molecule has 4 heteroatoms. The SMILES string of the molecule is O=C(O)c1ccc2[nH]c(-c3ccc(CC4CCCCC4)cc3)nc2c1. The third-order valence-corrected chi connectivity index (χ3v) is 5.21. The Balaban J connectivity index is 1.55. The van der Waals surface area contributed by atoms with E-state index in [1.54, 1.807) is 18.2 Å². The van der Waals surface area contributed by atoms with Crippen molar-refractivity contribution in [3.05, 3.63) is 53.6 Å². The van der Waals surface area contributed by atoms with Crippen LogP contribution in [0.4, 0.5) is 0 Å². The van der Waals surface area contributed by atoms with Crippen LogP contribution in [0.2, 0.25) is 0 Å². The zero-order valence-corrected chi connectivity index (χ0v) is 14.2. The Morgan fingerprint density at radius 1 is 1.08 bits per heavy atom. The highest BCUT2D eigenvalue weighted by Crippen LogP contribution is 2.28. The third-order valence-electron chi connectivity index (χ3n) is 5.21. The van der Waals surface area contributed by atoms with Gasteiger partial charge < -0.3 is 10.1 Å². The molecule has 0 radical (unpaired) electrons. The smallest absolute Gasteiger partial charge is 0.335 e. The number of aromatic carboxylic acids is 1. The van der Waals surface area contributed by atoms with Crippen molar-refractivity contribution < 1.29 is 9.90 Å². The van der Waals surface area contributed by atoms with Gasteiger partial charge in [-0.05, 0) is 36.1 Å². The lowest BCUT2D eigenvalue weighted by Gasteiger charge is -2.21. The number of benzene rings is 2. The average molecular weight is 334 g/mol. The summed E-state index contributed by atoms with van der Waals surface area (Å²) in [7, 11) is 0. The van der Waals surface area contributed by atoms with Gasteiger partial charge in [-0.3, -0.25) is 0 Å². The predicted octanol–water partition coefficient (Wildman–Crippen LogP) is 5.05. The maximum Gasteiger partial charge on any atom is 0.335 e. The second kappa shape index (κ2) is 6.71. The second-order valence-electron chi connectivity index (χ2n) is 7.03. The van der Waals surface area contributed by atoms with Gasteiger partial charge in [0.1, 0.15) is 5.82 Å². The topological polar surface area (TPSA) is 66.0 Å². The Hall–Kier alpha value is -2.62. The van der Waals surface area contributed by atoms with E-state index in [0.29, 0.717) is 5.52 Å². The number of aromatic nitrogens is 2. The van der Waals surface area contributed by atoms with Gasteiger partial charge in [0.05, 0.1) is 16.6 Å². The molecule has 2 N–H and O–H groups in total. The normalized spacial score (nSPS) is 15.5. The van der Waals surface area contributed by atoms with Crippen molar-refractivity contribution in [3.8, 4) is 11.4 Å². The van der Waals surface area contributed by atoms with Gasteiger partial charge in [-0.1, -0.05) is 56.4 Å². The Morgan fingerprint density at radius 3 is 2.56 bits per heavy atom. The van der Waals surface area contributed by atoms with Crippen LogP contribution in [-0.2, 0) is 6.42 Å². The van der Waals surface area contributed by atoms with Crippen molar-refractivity contribution in [2.24, 2.45) is 5.92 Å². The number of rotatable bonds is 4. The van der Waals surface area contributed by atoms with Gasteiger partial charge >= 0.3 is 5.97 Å². The van der Waals surface area contributed by atoms with Crippen LogP contribution in [0.5, 0.6) is 0 Å². The number of fused-ring (bicyclic) bond motifs is 1. The molecule has 0 bridgehead atoms.